The van der Waals surface area contributed by atoms with Gasteiger partial charge in [0.2, 0.25) is 0 Å². The number of urea groups is 1. The highest BCUT2D eigenvalue weighted by Gasteiger charge is 2.37. The second-order valence-corrected chi connectivity index (χ2v) is 10.4. The van der Waals surface area contributed by atoms with Gasteiger partial charge < -0.3 is 14.6 Å². The molecule has 5 rings (SSSR count). The molecule has 9 nitrogen and oxygen atoms in total. The highest BCUT2D eigenvalue weighted by Crippen LogP contribution is 2.41. The molecule has 0 bridgehead atoms. The minimum Gasteiger partial charge on any atom is -0.462 e. The van der Waals surface area contributed by atoms with E-state index < -0.39 is 17.2 Å². The summed E-state index contributed by atoms with van der Waals surface area (Å²) in [6.07, 6.45) is 3.10. The third-order valence-electron chi connectivity index (χ3n) is 7.02. The molecule has 1 aliphatic rings. The van der Waals surface area contributed by atoms with Crippen molar-refractivity contribution in [3.05, 3.63) is 95.7 Å². The normalized spacial score (nSPS) is 14.1. The molecule has 4 aromatic rings. The van der Waals surface area contributed by atoms with E-state index >= 15 is 0 Å². The Bertz CT molecular complexity index is 1660. The summed E-state index contributed by atoms with van der Waals surface area (Å²) in [6.45, 7) is 6.10. The number of H-pyrrole nitrogens is 1. The number of carbonyl (C=O) groups is 3. The van der Waals surface area contributed by atoms with Gasteiger partial charge in [0.15, 0.2) is 0 Å². The highest BCUT2D eigenvalue weighted by molar-refractivity contribution is 6.18. The molecule has 2 aromatic heterocycles. The fourth-order valence-corrected chi connectivity index (χ4v) is 5.07. The third kappa shape index (κ3) is 5.41. The number of benzene rings is 2. The van der Waals surface area contributed by atoms with E-state index in [9.17, 15) is 18.8 Å². The number of halogens is 1. The lowest BCUT2D eigenvalue weighted by atomic mass is 9.81. The van der Waals surface area contributed by atoms with Crippen LogP contribution in [0.3, 0.4) is 0 Å². The van der Waals surface area contributed by atoms with Crippen LogP contribution in [0.4, 0.5) is 20.7 Å². The van der Waals surface area contributed by atoms with E-state index in [-0.39, 0.29) is 30.7 Å². The van der Waals surface area contributed by atoms with Gasteiger partial charge in [-0.05, 0) is 61.0 Å². The maximum absolute atomic E-state index is 13.5. The fourth-order valence-electron chi connectivity index (χ4n) is 5.07. The molecular weight excluding hydrogens is 525 g/mol. The van der Waals surface area contributed by atoms with Crippen molar-refractivity contribution in [2.75, 3.05) is 30.4 Å². The highest BCUT2D eigenvalue weighted by atomic mass is 19.1. The number of aromatic nitrogens is 2. The van der Waals surface area contributed by atoms with Crippen LogP contribution in [0.1, 0.15) is 42.4 Å². The Hall–Kier alpha value is -4.99. The van der Waals surface area contributed by atoms with Gasteiger partial charge in [0, 0.05) is 53.6 Å². The Balaban J connectivity index is 1.56. The van der Waals surface area contributed by atoms with Gasteiger partial charge in [-0.2, -0.15) is 0 Å². The number of rotatable bonds is 5. The molecule has 2 aromatic carbocycles. The summed E-state index contributed by atoms with van der Waals surface area (Å²) < 4.78 is 18.9. The first kappa shape index (κ1) is 27.6. The molecule has 1 aliphatic heterocycles. The van der Waals surface area contributed by atoms with E-state index in [2.05, 4.69) is 15.3 Å². The van der Waals surface area contributed by atoms with Crippen molar-refractivity contribution >= 4 is 45.9 Å². The number of esters is 1. The van der Waals surface area contributed by atoms with E-state index in [1.807, 2.05) is 32.0 Å². The molecule has 3 heterocycles. The smallest absolute Gasteiger partial charge is 0.341 e. The van der Waals surface area contributed by atoms with Crippen molar-refractivity contribution in [1.82, 2.24) is 14.9 Å². The number of nitrogens with one attached hydrogen (secondary N) is 2. The molecule has 41 heavy (non-hydrogen) atoms. The van der Waals surface area contributed by atoms with Crippen LogP contribution in [0.25, 0.3) is 16.5 Å². The number of nitrogens with zero attached hydrogens (tertiary/aromatic N) is 3. The van der Waals surface area contributed by atoms with Gasteiger partial charge in [-0.15, -0.1) is 0 Å². The molecule has 0 spiro atoms. The van der Waals surface area contributed by atoms with Crippen LogP contribution in [0.15, 0.2) is 73.1 Å². The van der Waals surface area contributed by atoms with Gasteiger partial charge in [0.1, 0.15) is 11.6 Å². The molecule has 0 atom stereocenters. The van der Waals surface area contributed by atoms with Crippen LogP contribution in [-0.4, -0.2) is 53.0 Å². The predicted octanol–water partition coefficient (Wildman–Crippen LogP) is 5.71. The molecule has 3 amide bonds. The quantitative estimate of drug-likeness (QED) is 0.307. The number of fused-ring (bicyclic) bond motifs is 3. The van der Waals surface area contributed by atoms with Crippen molar-refractivity contribution in [2.45, 2.75) is 26.2 Å². The second kappa shape index (κ2) is 10.9. The van der Waals surface area contributed by atoms with Gasteiger partial charge in [0.25, 0.3) is 5.91 Å². The SMILES string of the molecule is CCOC(=O)C1=CN(C(=O)c2ccc(F)cc2)CC(C)(C)c2c1[nH]c1cc(N(C)C(=O)Nc3ccccn3)ccc21. The maximum atomic E-state index is 13.5. The van der Waals surface area contributed by atoms with Crippen molar-refractivity contribution in [1.29, 1.82) is 0 Å². The number of hydrogen-bond acceptors (Lipinski definition) is 5. The van der Waals surface area contributed by atoms with Gasteiger partial charge >= 0.3 is 12.0 Å². The summed E-state index contributed by atoms with van der Waals surface area (Å²) in [5, 5.41) is 3.61. The monoisotopic (exact) mass is 555 g/mol. The topological polar surface area (TPSA) is 108 Å². The molecule has 2 N–H and O–H groups in total. The average Bonchev–Trinajstić information content (AvgIpc) is 3.29. The Labute approximate surface area is 236 Å². The summed E-state index contributed by atoms with van der Waals surface area (Å²) >= 11 is 0. The summed E-state index contributed by atoms with van der Waals surface area (Å²) in [7, 11) is 1.65. The fraction of sp³-hybridized carbons (Fsp3) is 0.226. The molecule has 0 radical (unpaired) electrons. The minimum atomic E-state index is -0.613. The lowest BCUT2D eigenvalue weighted by Crippen LogP contribution is -2.37. The Morgan fingerprint density at radius 3 is 2.56 bits per heavy atom. The van der Waals surface area contributed by atoms with Gasteiger partial charge in [-0.1, -0.05) is 26.0 Å². The molecule has 0 aliphatic carbocycles. The molecule has 0 unspecified atom stereocenters. The number of aromatic amines is 1. The predicted molar refractivity (Wildman–Crippen MR) is 155 cm³/mol. The molecule has 210 valence electrons. The lowest BCUT2D eigenvalue weighted by Gasteiger charge is -2.29. The van der Waals surface area contributed by atoms with Crippen molar-refractivity contribution in [3.8, 4) is 0 Å². The van der Waals surface area contributed by atoms with E-state index in [1.54, 1.807) is 38.4 Å². The lowest BCUT2D eigenvalue weighted by molar-refractivity contribution is -0.136. The molecular formula is C31H30FN5O4. The van der Waals surface area contributed by atoms with Crippen LogP contribution in [0.2, 0.25) is 0 Å². The van der Waals surface area contributed by atoms with Crippen molar-refractivity contribution in [3.63, 3.8) is 0 Å². The number of anilines is 2. The van der Waals surface area contributed by atoms with E-state index in [0.29, 0.717) is 28.3 Å². The summed E-state index contributed by atoms with van der Waals surface area (Å²) in [5.74, 6) is -0.956. The Morgan fingerprint density at radius 2 is 1.88 bits per heavy atom. The second-order valence-electron chi connectivity index (χ2n) is 10.4. The molecule has 0 fully saturated rings. The zero-order valence-corrected chi connectivity index (χ0v) is 23.2. The first-order valence-corrected chi connectivity index (χ1v) is 13.2. The van der Waals surface area contributed by atoms with Crippen LogP contribution in [0.5, 0.6) is 0 Å². The van der Waals surface area contributed by atoms with E-state index in [1.165, 1.54) is 40.3 Å². The maximum Gasteiger partial charge on any atom is 0.341 e. The van der Waals surface area contributed by atoms with Gasteiger partial charge in [-0.25, -0.2) is 19.0 Å². The molecule has 0 saturated carbocycles. The number of amides is 3. The number of pyridine rings is 1. The Kier molecular flexibility index (Phi) is 7.32. The minimum absolute atomic E-state index is 0.154. The molecule has 0 saturated heterocycles. The largest absolute Gasteiger partial charge is 0.462 e. The summed E-state index contributed by atoms with van der Waals surface area (Å²) in [4.78, 5) is 50.0. The standard InChI is InChI=1S/C31H30FN5O4/c1-5-41-29(39)23-17-37(28(38)19-9-11-20(32)12-10-19)18-31(2,3)26-22-14-13-21(16-24(22)34-27(23)26)36(4)30(40)35-25-8-6-7-15-33-25/h6-17,34H,5,18H2,1-4H3,(H,33,35,40). The van der Waals surface area contributed by atoms with E-state index in [0.717, 1.165) is 10.9 Å². The van der Waals surface area contributed by atoms with Crippen LogP contribution in [0, 0.1) is 5.82 Å². The number of hydrogen-bond donors (Lipinski definition) is 2. The first-order chi connectivity index (χ1) is 19.6. The van der Waals surface area contributed by atoms with E-state index in [4.69, 9.17) is 4.74 Å². The van der Waals surface area contributed by atoms with Crippen molar-refractivity contribution in [2.24, 2.45) is 0 Å². The van der Waals surface area contributed by atoms with Crippen LogP contribution < -0.4 is 10.2 Å². The number of ether oxygens (including phenoxy) is 1. The summed E-state index contributed by atoms with van der Waals surface area (Å²) in [5.41, 5.74) is 2.60. The molecule has 10 heteroatoms. The third-order valence-corrected chi connectivity index (χ3v) is 7.02. The number of carbonyl (C=O) groups excluding carboxylic acids is 3. The van der Waals surface area contributed by atoms with Crippen LogP contribution in [-0.2, 0) is 14.9 Å². The zero-order valence-electron chi connectivity index (χ0n) is 23.2. The van der Waals surface area contributed by atoms with Gasteiger partial charge in [-0.3, -0.25) is 15.0 Å². The zero-order chi connectivity index (χ0) is 29.3. The van der Waals surface area contributed by atoms with Gasteiger partial charge in [0.05, 0.1) is 17.9 Å². The van der Waals surface area contributed by atoms with Crippen molar-refractivity contribution < 1.29 is 23.5 Å². The average molecular weight is 556 g/mol. The first-order valence-electron chi connectivity index (χ1n) is 13.2. The Morgan fingerprint density at radius 1 is 1.12 bits per heavy atom. The summed E-state index contributed by atoms with van der Waals surface area (Å²) in [6, 6.07) is 15.7. The van der Waals surface area contributed by atoms with Crippen LogP contribution >= 0.6 is 0 Å².